The molecule has 1 aliphatic heterocycles. The first-order valence-corrected chi connectivity index (χ1v) is 13.2. The third-order valence-corrected chi connectivity index (χ3v) is 7.28. The number of carbonyl (C=O) groups is 1. The zero-order valence-corrected chi connectivity index (χ0v) is 21.8. The molecule has 3 heterocycles. The van der Waals surface area contributed by atoms with Crippen LogP contribution < -0.4 is 16.4 Å². The molecule has 0 spiro atoms. The summed E-state index contributed by atoms with van der Waals surface area (Å²) in [4.78, 5) is 22.9. The van der Waals surface area contributed by atoms with Crippen molar-refractivity contribution in [3.63, 3.8) is 0 Å². The van der Waals surface area contributed by atoms with E-state index in [1.54, 1.807) is 6.07 Å². The number of aromatic nitrogens is 3. The number of hydrogen-bond donors (Lipinski definition) is 3. The Morgan fingerprint density at radius 2 is 1.85 bits per heavy atom. The van der Waals surface area contributed by atoms with Crippen LogP contribution in [0.4, 0.5) is 39.5 Å². The second-order valence-corrected chi connectivity index (χ2v) is 10.2. The summed E-state index contributed by atoms with van der Waals surface area (Å²) in [6.45, 7) is 2.11. The molecular weight excluding hydrogens is 542 g/mol. The lowest BCUT2D eigenvalue weighted by Gasteiger charge is -2.27. The van der Waals surface area contributed by atoms with Crippen molar-refractivity contribution < 1.29 is 27.1 Å². The molecule has 9 nitrogen and oxygen atoms in total. The van der Waals surface area contributed by atoms with E-state index in [2.05, 4.69) is 20.6 Å². The minimum Gasteiger partial charge on any atom is -0.383 e. The molecule has 2 amide bonds. The fraction of sp³-hybridized carbons (Fsp3) is 0.321. The third kappa shape index (κ3) is 5.68. The van der Waals surface area contributed by atoms with E-state index >= 15 is 4.39 Å². The molecule has 1 aliphatic carbocycles. The number of nitrogens with two attached hydrogens (primary N) is 1. The molecule has 2 aromatic carbocycles. The highest BCUT2D eigenvalue weighted by Gasteiger charge is 2.34. The van der Waals surface area contributed by atoms with Gasteiger partial charge in [0.2, 0.25) is 0 Å². The standard InChI is InChI=1S/C28H27F4N7O2/c29-22-11-16(20-14-39(19-4-5-19)26-24(20)25(33)34-15-35-26)2-6-23(22)37-27(40)36-18-3-1-17(21(12-18)28(30,31)32)13-38-7-9-41-10-8-38/h1-3,6,11-12,14-15,19H,4-5,7-10,13H2,(H2,33,34,35)(H2,36,37,40). The van der Waals surface area contributed by atoms with Crippen LogP contribution in [-0.4, -0.2) is 51.8 Å². The second-order valence-electron chi connectivity index (χ2n) is 10.2. The van der Waals surface area contributed by atoms with Gasteiger partial charge in [0.25, 0.3) is 0 Å². The average Bonchev–Trinajstić information content (AvgIpc) is 3.70. The fourth-order valence-electron chi connectivity index (χ4n) is 5.08. The van der Waals surface area contributed by atoms with Crippen LogP contribution in [0.2, 0.25) is 0 Å². The van der Waals surface area contributed by atoms with Gasteiger partial charge in [-0.25, -0.2) is 19.2 Å². The van der Waals surface area contributed by atoms with Gasteiger partial charge in [-0.3, -0.25) is 4.90 Å². The summed E-state index contributed by atoms with van der Waals surface area (Å²) < 4.78 is 63.9. The molecule has 6 rings (SSSR count). The fourth-order valence-corrected chi connectivity index (χ4v) is 5.08. The SMILES string of the molecule is Nc1ncnc2c1c(-c1ccc(NC(=O)Nc3ccc(CN4CCOCC4)c(C(F)(F)F)c3)c(F)c1)cn2C1CC1. The van der Waals surface area contributed by atoms with Gasteiger partial charge >= 0.3 is 12.2 Å². The Morgan fingerprint density at radius 3 is 2.56 bits per heavy atom. The zero-order valence-electron chi connectivity index (χ0n) is 21.8. The molecule has 4 aromatic rings. The van der Waals surface area contributed by atoms with Gasteiger partial charge in [-0.15, -0.1) is 0 Å². The van der Waals surface area contributed by atoms with Crippen LogP contribution in [0.15, 0.2) is 48.9 Å². The molecular formula is C28H27F4N7O2. The normalized spacial score (nSPS) is 16.2. The number of fused-ring (bicyclic) bond motifs is 1. The van der Waals surface area contributed by atoms with Crippen molar-refractivity contribution in [3.8, 4) is 11.1 Å². The molecule has 0 radical (unpaired) electrons. The van der Waals surface area contributed by atoms with Crippen molar-refractivity contribution in [2.45, 2.75) is 31.6 Å². The number of halogens is 4. The lowest BCUT2D eigenvalue weighted by atomic mass is 10.0. The number of ether oxygens (including phenoxy) is 1. The number of alkyl halides is 3. The van der Waals surface area contributed by atoms with Gasteiger partial charge in [-0.1, -0.05) is 12.1 Å². The van der Waals surface area contributed by atoms with E-state index in [9.17, 15) is 18.0 Å². The Balaban J connectivity index is 1.19. The van der Waals surface area contributed by atoms with Gasteiger partial charge in [-0.2, -0.15) is 13.2 Å². The van der Waals surface area contributed by atoms with Crippen LogP contribution in [0.5, 0.6) is 0 Å². The van der Waals surface area contributed by atoms with Crippen molar-refractivity contribution in [2.75, 3.05) is 42.7 Å². The maximum atomic E-state index is 15.1. The number of hydrogen-bond acceptors (Lipinski definition) is 6. The maximum Gasteiger partial charge on any atom is 0.416 e. The first kappa shape index (κ1) is 27.0. The predicted molar refractivity (Wildman–Crippen MR) is 146 cm³/mol. The van der Waals surface area contributed by atoms with E-state index in [1.807, 2.05) is 15.7 Å². The van der Waals surface area contributed by atoms with Crippen molar-refractivity contribution in [1.82, 2.24) is 19.4 Å². The molecule has 4 N–H and O–H groups in total. The van der Waals surface area contributed by atoms with E-state index in [0.717, 1.165) is 18.9 Å². The Morgan fingerprint density at radius 1 is 1.07 bits per heavy atom. The predicted octanol–water partition coefficient (Wildman–Crippen LogP) is 5.65. The number of nitrogen functional groups attached to an aromatic ring is 1. The highest BCUT2D eigenvalue weighted by atomic mass is 19.4. The van der Waals surface area contributed by atoms with Gasteiger partial charge in [-0.05, 0) is 48.2 Å². The Kier molecular flexibility index (Phi) is 6.99. The minimum atomic E-state index is -4.62. The minimum absolute atomic E-state index is 0.0686. The van der Waals surface area contributed by atoms with E-state index in [1.165, 1.54) is 30.6 Å². The van der Waals surface area contributed by atoms with Gasteiger partial charge < -0.3 is 25.7 Å². The highest BCUT2D eigenvalue weighted by Crippen LogP contribution is 2.42. The first-order valence-electron chi connectivity index (χ1n) is 13.2. The van der Waals surface area contributed by atoms with Gasteiger partial charge in [0.05, 0.1) is 29.9 Å². The van der Waals surface area contributed by atoms with Crippen LogP contribution in [0.3, 0.4) is 0 Å². The van der Waals surface area contributed by atoms with Crippen LogP contribution in [0, 0.1) is 5.82 Å². The summed E-state index contributed by atoms with van der Waals surface area (Å²) in [5, 5.41) is 5.37. The van der Waals surface area contributed by atoms with Crippen molar-refractivity contribution >= 4 is 34.3 Å². The molecule has 13 heteroatoms. The van der Waals surface area contributed by atoms with E-state index in [4.69, 9.17) is 10.5 Å². The number of rotatable bonds is 6. The number of morpholine rings is 1. The molecule has 0 atom stereocenters. The summed E-state index contributed by atoms with van der Waals surface area (Å²) in [6.07, 6.45) is 0.681. The van der Waals surface area contributed by atoms with Crippen LogP contribution in [0.25, 0.3) is 22.2 Å². The number of nitrogens with one attached hydrogen (secondary N) is 2. The molecule has 2 aromatic heterocycles. The highest BCUT2D eigenvalue weighted by molar-refractivity contribution is 6.02. The summed E-state index contributed by atoms with van der Waals surface area (Å²) in [5.41, 5.74) is 7.03. The molecule has 2 aliphatic rings. The van der Waals surface area contributed by atoms with Crippen LogP contribution >= 0.6 is 0 Å². The Bertz CT molecular complexity index is 1610. The maximum absolute atomic E-state index is 15.1. The molecule has 0 unspecified atom stereocenters. The average molecular weight is 570 g/mol. The van der Waals surface area contributed by atoms with Crippen molar-refractivity contribution in [3.05, 3.63) is 65.9 Å². The Labute approximate surface area is 232 Å². The number of urea groups is 1. The molecule has 2 fully saturated rings. The number of benzene rings is 2. The number of carbonyl (C=O) groups excluding carboxylic acids is 1. The largest absolute Gasteiger partial charge is 0.416 e. The molecule has 41 heavy (non-hydrogen) atoms. The van der Waals surface area contributed by atoms with E-state index in [0.29, 0.717) is 54.5 Å². The van der Waals surface area contributed by atoms with E-state index < -0.39 is 23.6 Å². The summed E-state index contributed by atoms with van der Waals surface area (Å²) in [6, 6.07) is 7.32. The third-order valence-electron chi connectivity index (χ3n) is 7.28. The van der Waals surface area contributed by atoms with Gasteiger partial charge in [0.1, 0.15) is 23.6 Å². The van der Waals surface area contributed by atoms with E-state index in [-0.39, 0.29) is 29.3 Å². The number of anilines is 3. The zero-order chi connectivity index (χ0) is 28.7. The molecule has 1 saturated carbocycles. The summed E-state index contributed by atoms with van der Waals surface area (Å²) in [7, 11) is 0. The quantitative estimate of drug-likeness (QED) is 0.259. The first-order chi connectivity index (χ1) is 19.7. The molecule has 0 bridgehead atoms. The summed E-state index contributed by atoms with van der Waals surface area (Å²) >= 11 is 0. The number of nitrogens with zero attached hydrogens (tertiary/aromatic N) is 4. The molecule has 214 valence electrons. The number of amides is 2. The van der Waals surface area contributed by atoms with Crippen molar-refractivity contribution in [1.29, 1.82) is 0 Å². The smallest absolute Gasteiger partial charge is 0.383 e. The lowest BCUT2D eigenvalue weighted by Crippen LogP contribution is -2.36. The van der Waals surface area contributed by atoms with Crippen LogP contribution in [-0.2, 0) is 17.5 Å². The Hall–Kier alpha value is -4.23. The lowest BCUT2D eigenvalue weighted by molar-refractivity contribution is -0.138. The monoisotopic (exact) mass is 569 g/mol. The van der Waals surface area contributed by atoms with Gasteiger partial charge in [0.15, 0.2) is 0 Å². The summed E-state index contributed by atoms with van der Waals surface area (Å²) in [5.74, 6) is -0.446. The van der Waals surface area contributed by atoms with Crippen molar-refractivity contribution in [2.24, 2.45) is 0 Å². The second kappa shape index (κ2) is 10.6. The topological polar surface area (TPSA) is 110 Å². The van der Waals surface area contributed by atoms with Gasteiger partial charge in [0, 0.05) is 43.1 Å². The molecule has 1 saturated heterocycles. The van der Waals surface area contributed by atoms with Crippen LogP contribution in [0.1, 0.15) is 30.0 Å².